The standard InChI is InChI=1S/C15H19NO4/c1-2-20-15(19)16-9-8-12(14(17)18)13(10-16)11-6-4-3-5-7-11/h3-7,12-13H,2,8-10H2,1H3,(H,17,18). The Labute approximate surface area is 118 Å². The Morgan fingerprint density at radius 1 is 1.35 bits per heavy atom. The molecule has 0 bridgehead atoms. The molecule has 1 aliphatic rings. The van der Waals surface area contributed by atoms with Gasteiger partial charge in [0, 0.05) is 19.0 Å². The first-order valence-electron chi connectivity index (χ1n) is 6.83. The van der Waals surface area contributed by atoms with Crippen LogP contribution in [-0.2, 0) is 9.53 Å². The number of carbonyl (C=O) groups excluding carboxylic acids is 1. The molecule has 5 heteroatoms. The van der Waals surface area contributed by atoms with Gasteiger partial charge in [-0.1, -0.05) is 30.3 Å². The van der Waals surface area contributed by atoms with E-state index >= 15 is 0 Å². The first-order chi connectivity index (χ1) is 9.63. The third-order valence-electron chi connectivity index (χ3n) is 3.68. The number of ether oxygens (including phenoxy) is 1. The van der Waals surface area contributed by atoms with Crippen molar-refractivity contribution in [2.45, 2.75) is 19.3 Å². The van der Waals surface area contributed by atoms with Gasteiger partial charge in [-0.3, -0.25) is 4.79 Å². The van der Waals surface area contributed by atoms with Crippen molar-refractivity contribution in [2.75, 3.05) is 19.7 Å². The van der Waals surface area contributed by atoms with Crippen LogP contribution in [0.5, 0.6) is 0 Å². The van der Waals surface area contributed by atoms with E-state index in [0.29, 0.717) is 26.1 Å². The van der Waals surface area contributed by atoms with Crippen LogP contribution >= 0.6 is 0 Å². The number of carbonyl (C=O) groups is 2. The highest BCUT2D eigenvalue weighted by molar-refractivity contribution is 5.73. The second-order valence-corrected chi connectivity index (χ2v) is 4.90. The fourth-order valence-electron chi connectivity index (χ4n) is 2.67. The Bertz CT molecular complexity index is 474. The zero-order valence-electron chi connectivity index (χ0n) is 11.5. The number of piperidine rings is 1. The number of carboxylic acid groups (broad SMARTS) is 1. The van der Waals surface area contributed by atoms with Crippen molar-refractivity contribution >= 4 is 12.1 Å². The fraction of sp³-hybridized carbons (Fsp3) is 0.467. The molecule has 1 N–H and O–H groups in total. The zero-order valence-corrected chi connectivity index (χ0v) is 11.5. The molecule has 2 unspecified atom stereocenters. The highest BCUT2D eigenvalue weighted by Gasteiger charge is 2.36. The number of aliphatic carboxylic acids is 1. The molecule has 108 valence electrons. The topological polar surface area (TPSA) is 66.8 Å². The molecule has 20 heavy (non-hydrogen) atoms. The second kappa shape index (κ2) is 6.41. The smallest absolute Gasteiger partial charge is 0.409 e. The molecule has 2 rings (SSSR count). The van der Waals surface area contributed by atoms with Gasteiger partial charge in [0.15, 0.2) is 0 Å². The molecule has 1 amide bonds. The molecular weight excluding hydrogens is 258 g/mol. The summed E-state index contributed by atoms with van der Waals surface area (Å²) in [7, 11) is 0. The van der Waals surface area contributed by atoms with Gasteiger partial charge < -0.3 is 14.7 Å². The average molecular weight is 277 g/mol. The third kappa shape index (κ3) is 3.10. The van der Waals surface area contributed by atoms with Gasteiger partial charge in [-0.2, -0.15) is 0 Å². The highest BCUT2D eigenvalue weighted by atomic mass is 16.6. The third-order valence-corrected chi connectivity index (χ3v) is 3.68. The molecular formula is C15H19NO4. The summed E-state index contributed by atoms with van der Waals surface area (Å²) in [5.41, 5.74) is 0.953. The lowest BCUT2D eigenvalue weighted by Crippen LogP contribution is -2.45. The van der Waals surface area contributed by atoms with Crippen molar-refractivity contribution in [3.05, 3.63) is 35.9 Å². The predicted octanol–water partition coefficient (Wildman–Crippen LogP) is 2.33. The molecule has 0 aliphatic carbocycles. The average Bonchev–Trinajstić information content (AvgIpc) is 2.47. The van der Waals surface area contributed by atoms with Crippen LogP contribution in [0.15, 0.2) is 30.3 Å². The van der Waals surface area contributed by atoms with Crippen LogP contribution in [0.4, 0.5) is 4.79 Å². The summed E-state index contributed by atoms with van der Waals surface area (Å²) in [6.45, 7) is 2.91. The summed E-state index contributed by atoms with van der Waals surface area (Å²) in [5, 5.41) is 9.36. The van der Waals surface area contributed by atoms with Crippen molar-refractivity contribution < 1.29 is 19.4 Å². The molecule has 5 nitrogen and oxygen atoms in total. The van der Waals surface area contributed by atoms with Gasteiger partial charge in [0.25, 0.3) is 0 Å². The van der Waals surface area contributed by atoms with Gasteiger partial charge in [-0.25, -0.2) is 4.79 Å². The molecule has 0 radical (unpaired) electrons. The van der Waals surface area contributed by atoms with Crippen LogP contribution in [0, 0.1) is 5.92 Å². The van der Waals surface area contributed by atoms with Crippen LogP contribution in [0.2, 0.25) is 0 Å². The molecule has 0 spiro atoms. The van der Waals surface area contributed by atoms with E-state index in [2.05, 4.69) is 0 Å². The van der Waals surface area contributed by atoms with E-state index in [4.69, 9.17) is 4.74 Å². The minimum atomic E-state index is -0.803. The second-order valence-electron chi connectivity index (χ2n) is 4.90. The molecule has 1 fully saturated rings. The molecule has 1 aliphatic heterocycles. The summed E-state index contributed by atoms with van der Waals surface area (Å²) in [6, 6.07) is 9.49. The largest absolute Gasteiger partial charge is 0.481 e. The van der Waals surface area contributed by atoms with Gasteiger partial charge in [-0.15, -0.1) is 0 Å². The first kappa shape index (κ1) is 14.4. The number of carboxylic acids is 1. The van der Waals surface area contributed by atoms with E-state index in [1.54, 1.807) is 11.8 Å². The van der Waals surface area contributed by atoms with Gasteiger partial charge in [0.2, 0.25) is 0 Å². The van der Waals surface area contributed by atoms with Gasteiger partial charge in [0.05, 0.1) is 12.5 Å². The summed E-state index contributed by atoms with van der Waals surface area (Å²) < 4.78 is 5.00. The Morgan fingerprint density at radius 2 is 2.05 bits per heavy atom. The highest BCUT2D eigenvalue weighted by Crippen LogP contribution is 2.32. The van der Waals surface area contributed by atoms with Crippen LogP contribution in [0.3, 0.4) is 0 Å². The number of nitrogens with zero attached hydrogens (tertiary/aromatic N) is 1. The molecule has 2 atom stereocenters. The number of hydrogen-bond donors (Lipinski definition) is 1. The molecule has 0 aromatic heterocycles. The first-order valence-corrected chi connectivity index (χ1v) is 6.83. The van der Waals surface area contributed by atoms with E-state index in [-0.39, 0.29) is 12.0 Å². The van der Waals surface area contributed by atoms with E-state index in [1.165, 1.54) is 0 Å². The van der Waals surface area contributed by atoms with Crippen LogP contribution in [0.25, 0.3) is 0 Å². The minimum absolute atomic E-state index is 0.188. The number of hydrogen-bond acceptors (Lipinski definition) is 3. The molecule has 1 saturated heterocycles. The van der Waals surface area contributed by atoms with E-state index < -0.39 is 11.9 Å². The van der Waals surface area contributed by atoms with Crippen LogP contribution in [-0.4, -0.2) is 41.8 Å². The molecule has 1 aromatic carbocycles. The van der Waals surface area contributed by atoms with Crippen LogP contribution < -0.4 is 0 Å². The van der Waals surface area contributed by atoms with Crippen molar-refractivity contribution in [2.24, 2.45) is 5.92 Å². The monoisotopic (exact) mass is 277 g/mol. The zero-order chi connectivity index (χ0) is 14.5. The van der Waals surface area contributed by atoms with E-state index in [1.807, 2.05) is 30.3 Å². The SMILES string of the molecule is CCOC(=O)N1CCC(C(=O)O)C(c2ccccc2)C1. The Hall–Kier alpha value is -2.04. The van der Waals surface area contributed by atoms with Crippen molar-refractivity contribution in [1.82, 2.24) is 4.90 Å². The summed E-state index contributed by atoms with van der Waals surface area (Å²) in [5.74, 6) is -1.45. The summed E-state index contributed by atoms with van der Waals surface area (Å²) in [4.78, 5) is 24.8. The van der Waals surface area contributed by atoms with Gasteiger partial charge in [-0.05, 0) is 18.9 Å². The maximum atomic E-state index is 11.8. The molecule has 1 aromatic rings. The Morgan fingerprint density at radius 3 is 2.65 bits per heavy atom. The lowest BCUT2D eigenvalue weighted by atomic mass is 9.81. The predicted molar refractivity (Wildman–Crippen MR) is 73.5 cm³/mol. The molecule has 1 heterocycles. The Balaban J connectivity index is 2.18. The maximum Gasteiger partial charge on any atom is 0.409 e. The van der Waals surface area contributed by atoms with Gasteiger partial charge in [0.1, 0.15) is 0 Å². The Kier molecular flexibility index (Phi) is 4.61. The molecule has 0 saturated carbocycles. The summed E-state index contributed by atoms with van der Waals surface area (Å²) >= 11 is 0. The maximum absolute atomic E-state index is 11.8. The number of likely N-dealkylation sites (tertiary alicyclic amines) is 1. The van der Waals surface area contributed by atoms with Crippen LogP contribution in [0.1, 0.15) is 24.8 Å². The van der Waals surface area contributed by atoms with E-state index in [0.717, 1.165) is 5.56 Å². The number of amides is 1. The van der Waals surface area contributed by atoms with E-state index in [9.17, 15) is 14.7 Å². The quantitative estimate of drug-likeness (QED) is 0.920. The number of benzene rings is 1. The minimum Gasteiger partial charge on any atom is -0.481 e. The fourth-order valence-corrected chi connectivity index (χ4v) is 2.67. The number of rotatable bonds is 3. The lowest BCUT2D eigenvalue weighted by Gasteiger charge is -2.36. The van der Waals surface area contributed by atoms with Crippen molar-refractivity contribution in [3.63, 3.8) is 0 Å². The lowest BCUT2D eigenvalue weighted by molar-refractivity contribution is -0.144. The normalized spacial score (nSPS) is 22.4. The van der Waals surface area contributed by atoms with Crippen molar-refractivity contribution in [3.8, 4) is 0 Å². The van der Waals surface area contributed by atoms with Crippen molar-refractivity contribution in [1.29, 1.82) is 0 Å². The van der Waals surface area contributed by atoms with Gasteiger partial charge >= 0.3 is 12.1 Å². The summed E-state index contributed by atoms with van der Waals surface area (Å²) in [6.07, 6.45) is 0.0885.